The fourth-order valence-electron chi connectivity index (χ4n) is 7.20. The van der Waals surface area contributed by atoms with Crippen molar-refractivity contribution in [1.82, 2.24) is 19.9 Å². The van der Waals surface area contributed by atoms with Crippen molar-refractivity contribution in [3.8, 4) is 22.6 Å². The molecule has 8 heteroatoms. The molecule has 43 heavy (non-hydrogen) atoms. The van der Waals surface area contributed by atoms with Gasteiger partial charge in [-0.05, 0) is 119 Å². The first kappa shape index (κ1) is 29.3. The number of hydrogen-bond donors (Lipinski definition) is 0. The molecule has 0 spiro atoms. The summed E-state index contributed by atoms with van der Waals surface area (Å²) in [7, 11) is 0. The Labute approximate surface area is 253 Å². The molecule has 1 aliphatic carbocycles. The van der Waals surface area contributed by atoms with Crippen LogP contribution < -0.4 is 9.47 Å². The fraction of sp³-hybridized carbons (Fsp3) is 0.457. The van der Waals surface area contributed by atoms with Gasteiger partial charge in [0.05, 0.1) is 24.3 Å². The van der Waals surface area contributed by atoms with Gasteiger partial charge in [0.25, 0.3) is 0 Å². The van der Waals surface area contributed by atoms with Gasteiger partial charge in [-0.2, -0.15) is 0 Å². The van der Waals surface area contributed by atoms with E-state index in [4.69, 9.17) is 9.47 Å². The number of halogens is 1. The number of carbonyl (C=O) groups is 1. The number of rotatable bonds is 11. The quantitative estimate of drug-likeness (QED) is 0.170. The summed E-state index contributed by atoms with van der Waals surface area (Å²) in [6.07, 6.45) is 3.86. The molecule has 2 heterocycles. The normalized spacial score (nSPS) is 20.2. The monoisotopic (exact) mass is 584 g/mol. The first-order valence-corrected chi connectivity index (χ1v) is 15.7. The summed E-state index contributed by atoms with van der Waals surface area (Å²) in [5, 5.41) is 8.56. The molecule has 3 atom stereocenters. The zero-order valence-corrected chi connectivity index (χ0v) is 25.6. The molecular formula is C35H41FN4O3. The fourth-order valence-corrected chi connectivity index (χ4v) is 7.20. The van der Waals surface area contributed by atoms with Gasteiger partial charge in [0.1, 0.15) is 22.8 Å². The first-order valence-electron chi connectivity index (χ1n) is 15.7. The van der Waals surface area contributed by atoms with Crippen LogP contribution in [0.2, 0.25) is 0 Å². The second kappa shape index (κ2) is 12.4. The SMILES string of the molecule is CCOc1cc(CN2CC[C@H]3C(CC(=O)c4ccc5c(c4)nnn5C(C)C)CC[C@H]32)cc(OCC)c1-c1ccc(F)cc1. The summed E-state index contributed by atoms with van der Waals surface area (Å²) in [6.45, 7) is 11.0. The van der Waals surface area contributed by atoms with Crippen LogP contribution in [-0.4, -0.2) is 51.5 Å². The molecule has 1 aromatic heterocycles. The topological polar surface area (TPSA) is 69.5 Å². The highest BCUT2D eigenvalue weighted by Gasteiger charge is 2.44. The van der Waals surface area contributed by atoms with Gasteiger partial charge in [-0.25, -0.2) is 9.07 Å². The van der Waals surface area contributed by atoms with E-state index in [-0.39, 0.29) is 17.6 Å². The molecular weight excluding hydrogens is 543 g/mol. The van der Waals surface area contributed by atoms with Crippen molar-refractivity contribution in [2.75, 3.05) is 19.8 Å². The Morgan fingerprint density at radius 2 is 1.70 bits per heavy atom. The molecule has 3 aromatic carbocycles. The number of fused-ring (bicyclic) bond motifs is 2. The second-order valence-electron chi connectivity index (χ2n) is 12.1. The van der Waals surface area contributed by atoms with Gasteiger partial charge in [0, 0.05) is 30.6 Å². The molecule has 6 rings (SSSR count). The van der Waals surface area contributed by atoms with Crippen LogP contribution in [-0.2, 0) is 6.54 Å². The molecule has 4 aromatic rings. The average molecular weight is 585 g/mol. The highest BCUT2D eigenvalue weighted by molar-refractivity contribution is 5.99. The van der Waals surface area contributed by atoms with Crippen LogP contribution in [0.4, 0.5) is 4.39 Å². The largest absolute Gasteiger partial charge is 0.493 e. The molecule has 1 unspecified atom stereocenters. The van der Waals surface area contributed by atoms with Gasteiger partial charge >= 0.3 is 0 Å². The number of ketones is 1. The maximum atomic E-state index is 13.7. The second-order valence-corrected chi connectivity index (χ2v) is 12.1. The summed E-state index contributed by atoms with van der Waals surface area (Å²) in [5.74, 6) is 2.35. The number of aromatic nitrogens is 3. The predicted octanol–water partition coefficient (Wildman–Crippen LogP) is 7.49. The Bertz CT molecular complexity index is 1570. The number of carbonyl (C=O) groups excluding carboxylic acids is 1. The van der Waals surface area contributed by atoms with E-state index < -0.39 is 0 Å². The lowest BCUT2D eigenvalue weighted by atomic mass is 9.87. The van der Waals surface area contributed by atoms with Crippen molar-refractivity contribution in [2.45, 2.75) is 72.0 Å². The molecule has 0 bridgehead atoms. The highest BCUT2D eigenvalue weighted by atomic mass is 19.1. The number of ether oxygens (including phenoxy) is 2. The van der Waals surface area contributed by atoms with E-state index in [2.05, 4.69) is 41.2 Å². The third-order valence-electron chi connectivity index (χ3n) is 9.13. The van der Waals surface area contributed by atoms with Crippen LogP contribution in [0.5, 0.6) is 11.5 Å². The van der Waals surface area contributed by atoms with Crippen molar-refractivity contribution >= 4 is 16.8 Å². The van der Waals surface area contributed by atoms with Crippen LogP contribution in [0.1, 0.15) is 75.3 Å². The molecule has 2 fully saturated rings. The Kier molecular flexibility index (Phi) is 8.48. The van der Waals surface area contributed by atoms with Gasteiger partial charge < -0.3 is 9.47 Å². The Balaban J connectivity index is 1.17. The van der Waals surface area contributed by atoms with Crippen LogP contribution >= 0.6 is 0 Å². The summed E-state index contributed by atoms with van der Waals surface area (Å²) >= 11 is 0. The summed E-state index contributed by atoms with van der Waals surface area (Å²) in [6, 6.07) is 17.2. The number of nitrogens with zero attached hydrogens (tertiary/aromatic N) is 4. The maximum absolute atomic E-state index is 13.7. The van der Waals surface area contributed by atoms with Gasteiger partial charge in [0.2, 0.25) is 0 Å². The van der Waals surface area contributed by atoms with E-state index >= 15 is 0 Å². The smallest absolute Gasteiger partial charge is 0.163 e. The van der Waals surface area contributed by atoms with Gasteiger partial charge in [0.15, 0.2) is 5.78 Å². The number of Topliss-reactive ketones (excluding diaryl/α,β-unsaturated/α-hetero) is 1. The minimum Gasteiger partial charge on any atom is -0.493 e. The van der Waals surface area contributed by atoms with Gasteiger partial charge in [-0.15, -0.1) is 5.10 Å². The first-order chi connectivity index (χ1) is 20.9. The lowest BCUT2D eigenvalue weighted by Gasteiger charge is -2.25. The minimum absolute atomic E-state index is 0.198. The summed E-state index contributed by atoms with van der Waals surface area (Å²) in [4.78, 5) is 16.0. The Morgan fingerprint density at radius 1 is 0.977 bits per heavy atom. The van der Waals surface area contributed by atoms with Crippen molar-refractivity contribution in [1.29, 1.82) is 0 Å². The molecule has 0 amide bonds. The molecule has 2 aliphatic rings. The molecule has 1 aliphatic heterocycles. The number of benzene rings is 3. The van der Waals surface area contributed by atoms with Gasteiger partial charge in [-0.3, -0.25) is 9.69 Å². The van der Waals surface area contributed by atoms with E-state index in [9.17, 15) is 9.18 Å². The van der Waals surface area contributed by atoms with E-state index in [1.165, 1.54) is 12.1 Å². The minimum atomic E-state index is -0.270. The molecule has 0 N–H and O–H groups in total. The maximum Gasteiger partial charge on any atom is 0.163 e. The van der Waals surface area contributed by atoms with Crippen LogP contribution in [0.25, 0.3) is 22.2 Å². The number of likely N-dealkylation sites (tertiary alicyclic amines) is 1. The molecule has 0 radical (unpaired) electrons. The van der Waals surface area contributed by atoms with E-state index in [1.54, 1.807) is 12.1 Å². The molecule has 226 valence electrons. The van der Waals surface area contributed by atoms with E-state index in [1.807, 2.05) is 36.7 Å². The lowest BCUT2D eigenvalue weighted by Crippen LogP contribution is -2.30. The summed E-state index contributed by atoms with van der Waals surface area (Å²) < 4.78 is 27.8. The molecule has 1 saturated heterocycles. The van der Waals surface area contributed by atoms with Crippen molar-refractivity contribution in [3.05, 3.63) is 71.5 Å². The van der Waals surface area contributed by atoms with Gasteiger partial charge in [-0.1, -0.05) is 17.3 Å². The van der Waals surface area contributed by atoms with E-state index in [0.717, 1.165) is 77.1 Å². The molecule has 1 saturated carbocycles. The van der Waals surface area contributed by atoms with Crippen LogP contribution in [0.3, 0.4) is 0 Å². The van der Waals surface area contributed by atoms with Crippen molar-refractivity contribution < 1.29 is 18.7 Å². The third-order valence-corrected chi connectivity index (χ3v) is 9.13. The standard InChI is InChI=1S/C35H41FN4O3/c1-5-42-33-17-23(18-34(43-6-2)35(33)24-7-11-27(36)12-8-24)21-39-16-15-28-25(9-13-30(28)39)20-32(41)26-10-14-31-29(19-26)37-38-40(31)22(3)4/h7-8,10-12,14,17-19,22,25,28,30H,5-6,9,13,15-16,20-21H2,1-4H3/t25?,28-,30+/m0/s1. The predicted molar refractivity (Wildman–Crippen MR) is 166 cm³/mol. The zero-order chi connectivity index (χ0) is 30.1. The summed E-state index contributed by atoms with van der Waals surface area (Å²) in [5.41, 5.74) is 5.34. The van der Waals surface area contributed by atoms with Crippen molar-refractivity contribution in [3.63, 3.8) is 0 Å². The van der Waals surface area contributed by atoms with E-state index in [0.29, 0.717) is 37.5 Å². The highest BCUT2D eigenvalue weighted by Crippen LogP contribution is 2.46. The Hall–Kier alpha value is -3.78. The number of hydrogen-bond acceptors (Lipinski definition) is 6. The zero-order valence-electron chi connectivity index (χ0n) is 25.6. The van der Waals surface area contributed by atoms with Crippen LogP contribution in [0.15, 0.2) is 54.6 Å². The third kappa shape index (κ3) is 5.90. The lowest BCUT2D eigenvalue weighted by molar-refractivity contribution is 0.0949. The van der Waals surface area contributed by atoms with Crippen molar-refractivity contribution in [2.24, 2.45) is 11.8 Å². The molecule has 7 nitrogen and oxygen atoms in total. The average Bonchev–Trinajstić information content (AvgIpc) is 3.70. The van der Waals surface area contributed by atoms with Crippen LogP contribution in [0, 0.1) is 17.7 Å². The Morgan fingerprint density at radius 3 is 2.37 bits per heavy atom.